The summed E-state index contributed by atoms with van der Waals surface area (Å²) in [7, 11) is 1.56. The fraction of sp³-hybridized carbons (Fsp3) is 0.211. The van der Waals surface area contributed by atoms with E-state index in [1.54, 1.807) is 18.6 Å². The molecule has 0 unspecified atom stereocenters. The van der Waals surface area contributed by atoms with Crippen molar-refractivity contribution < 1.29 is 27.4 Å². The van der Waals surface area contributed by atoms with Crippen LogP contribution in [0.1, 0.15) is 5.82 Å². The molecule has 3 aromatic rings. The van der Waals surface area contributed by atoms with Gasteiger partial charge in [-0.25, -0.2) is 0 Å². The van der Waals surface area contributed by atoms with Gasteiger partial charge in [0.25, 0.3) is 0 Å². The number of carbonyl (C=O) groups excluding carboxylic acids is 1. The fourth-order valence-corrected chi connectivity index (χ4v) is 3.39. The highest BCUT2D eigenvalue weighted by Crippen LogP contribution is 2.28. The van der Waals surface area contributed by atoms with Crippen molar-refractivity contribution in [2.75, 3.05) is 18.2 Å². The molecule has 0 aliphatic heterocycles. The van der Waals surface area contributed by atoms with Crippen LogP contribution in [0, 0.1) is 6.92 Å². The molecule has 0 saturated carbocycles. The van der Waals surface area contributed by atoms with Crippen LogP contribution in [0.4, 0.5) is 18.9 Å². The molecule has 3 rings (SSSR count). The number of carbonyl (C=O) groups is 1. The molecular formula is C19H17F3N4O3S. The number of aryl methyl sites for hydroxylation is 1. The average molecular weight is 438 g/mol. The number of nitrogens with one attached hydrogen (secondary N) is 1. The molecule has 0 spiro atoms. The number of hydrogen-bond donors (Lipinski definition) is 1. The van der Waals surface area contributed by atoms with Crippen LogP contribution >= 0.6 is 11.8 Å². The van der Waals surface area contributed by atoms with Crippen LogP contribution in [0.2, 0.25) is 0 Å². The summed E-state index contributed by atoms with van der Waals surface area (Å²) in [4.78, 5) is 12.3. The molecule has 2 aromatic carbocycles. The van der Waals surface area contributed by atoms with Gasteiger partial charge in [0.15, 0.2) is 5.16 Å². The third-order valence-corrected chi connectivity index (χ3v) is 4.75. The van der Waals surface area contributed by atoms with Gasteiger partial charge in [0.05, 0.1) is 18.6 Å². The largest absolute Gasteiger partial charge is 0.573 e. The molecule has 0 aliphatic carbocycles. The number of methoxy groups -OCH3 is 1. The number of aromatic nitrogens is 3. The van der Waals surface area contributed by atoms with Crippen LogP contribution in [-0.4, -0.2) is 39.9 Å². The van der Waals surface area contributed by atoms with E-state index in [-0.39, 0.29) is 17.4 Å². The number of rotatable bonds is 7. The second-order valence-electron chi connectivity index (χ2n) is 5.95. The van der Waals surface area contributed by atoms with Crippen molar-refractivity contribution in [1.29, 1.82) is 0 Å². The number of para-hydroxylation sites is 2. The number of thioether (sulfide) groups is 1. The summed E-state index contributed by atoms with van der Waals surface area (Å²) < 4.78 is 47.6. The summed E-state index contributed by atoms with van der Waals surface area (Å²) in [6.45, 7) is 1.79. The van der Waals surface area contributed by atoms with E-state index in [9.17, 15) is 18.0 Å². The summed E-state index contributed by atoms with van der Waals surface area (Å²) in [5.41, 5.74) is 1.09. The monoisotopic (exact) mass is 438 g/mol. The molecule has 0 saturated heterocycles. The molecule has 1 heterocycles. The number of anilines is 1. The molecule has 1 aromatic heterocycles. The quantitative estimate of drug-likeness (QED) is 0.557. The lowest BCUT2D eigenvalue weighted by Gasteiger charge is -2.12. The topological polar surface area (TPSA) is 78.3 Å². The molecular weight excluding hydrogens is 421 g/mol. The van der Waals surface area contributed by atoms with Gasteiger partial charge in [-0.3, -0.25) is 9.36 Å². The number of benzene rings is 2. The predicted octanol–water partition coefficient (Wildman–Crippen LogP) is 4.21. The van der Waals surface area contributed by atoms with E-state index in [0.717, 1.165) is 17.8 Å². The minimum Gasteiger partial charge on any atom is -0.495 e. The minimum atomic E-state index is -4.77. The maximum Gasteiger partial charge on any atom is 0.573 e. The van der Waals surface area contributed by atoms with Crippen molar-refractivity contribution in [1.82, 2.24) is 14.8 Å². The van der Waals surface area contributed by atoms with Crippen LogP contribution in [0.3, 0.4) is 0 Å². The fourth-order valence-electron chi connectivity index (χ4n) is 2.60. The van der Waals surface area contributed by atoms with Crippen molar-refractivity contribution in [2.45, 2.75) is 18.4 Å². The van der Waals surface area contributed by atoms with Gasteiger partial charge in [0.1, 0.15) is 17.3 Å². The normalized spacial score (nSPS) is 11.2. The van der Waals surface area contributed by atoms with E-state index in [2.05, 4.69) is 20.3 Å². The van der Waals surface area contributed by atoms with Crippen LogP contribution < -0.4 is 14.8 Å². The van der Waals surface area contributed by atoms with Gasteiger partial charge in [0, 0.05) is 5.69 Å². The molecule has 1 amide bonds. The van der Waals surface area contributed by atoms with Gasteiger partial charge in [-0.05, 0) is 43.3 Å². The zero-order valence-corrected chi connectivity index (χ0v) is 16.8. The Morgan fingerprint density at radius 3 is 2.50 bits per heavy atom. The van der Waals surface area contributed by atoms with Crippen LogP contribution in [0.15, 0.2) is 53.7 Å². The number of ether oxygens (including phenoxy) is 2. The van der Waals surface area contributed by atoms with Crippen molar-refractivity contribution in [3.8, 4) is 17.2 Å². The predicted molar refractivity (Wildman–Crippen MR) is 105 cm³/mol. The molecule has 11 heteroatoms. The maximum absolute atomic E-state index is 12.3. The standard InChI is InChI=1S/C19H17F3N4O3S/c1-12-24-25-18(26(12)15-5-3-4-6-16(15)28-2)30-11-17(27)23-13-7-9-14(10-8-13)29-19(20,21)22/h3-10H,11H2,1-2H3,(H,23,27). The first-order valence-electron chi connectivity index (χ1n) is 8.60. The first kappa shape index (κ1) is 21.5. The van der Waals surface area contributed by atoms with Crippen LogP contribution in [-0.2, 0) is 4.79 Å². The Balaban J connectivity index is 1.65. The van der Waals surface area contributed by atoms with Crippen molar-refractivity contribution in [3.63, 3.8) is 0 Å². The summed E-state index contributed by atoms with van der Waals surface area (Å²) in [5.74, 6) is 0.566. The zero-order valence-electron chi connectivity index (χ0n) is 15.9. The molecule has 0 fully saturated rings. The molecule has 0 radical (unpaired) electrons. The Morgan fingerprint density at radius 1 is 1.13 bits per heavy atom. The number of alkyl halides is 3. The Kier molecular flexibility index (Phi) is 6.50. The van der Waals surface area contributed by atoms with Crippen LogP contribution in [0.25, 0.3) is 5.69 Å². The van der Waals surface area contributed by atoms with E-state index >= 15 is 0 Å². The highest BCUT2D eigenvalue weighted by Gasteiger charge is 2.31. The van der Waals surface area contributed by atoms with E-state index in [4.69, 9.17) is 4.74 Å². The lowest BCUT2D eigenvalue weighted by molar-refractivity contribution is -0.274. The smallest absolute Gasteiger partial charge is 0.495 e. The highest BCUT2D eigenvalue weighted by atomic mass is 32.2. The Bertz CT molecular complexity index is 1020. The molecule has 0 aliphatic rings. The van der Waals surface area contributed by atoms with E-state index in [1.807, 2.05) is 24.3 Å². The first-order valence-corrected chi connectivity index (χ1v) is 9.59. The summed E-state index contributed by atoms with van der Waals surface area (Å²) in [6.07, 6.45) is -4.77. The highest BCUT2D eigenvalue weighted by molar-refractivity contribution is 7.99. The van der Waals surface area contributed by atoms with Gasteiger partial charge in [-0.2, -0.15) is 0 Å². The van der Waals surface area contributed by atoms with E-state index in [0.29, 0.717) is 22.4 Å². The minimum absolute atomic E-state index is 0.0219. The molecule has 7 nitrogen and oxygen atoms in total. The number of halogens is 3. The second kappa shape index (κ2) is 9.08. The summed E-state index contributed by atoms with van der Waals surface area (Å²) in [5, 5.41) is 11.3. The Hall–Kier alpha value is -3.21. The third-order valence-electron chi connectivity index (χ3n) is 3.83. The molecule has 0 atom stereocenters. The van der Waals surface area contributed by atoms with Gasteiger partial charge in [-0.1, -0.05) is 23.9 Å². The third kappa shape index (κ3) is 5.44. The first-order chi connectivity index (χ1) is 14.3. The average Bonchev–Trinajstić information content (AvgIpc) is 3.07. The molecule has 1 N–H and O–H groups in total. The molecule has 158 valence electrons. The Morgan fingerprint density at radius 2 is 1.83 bits per heavy atom. The summed E-state index contributed by atoms with van der Waals surface area (Å²) in [6, 6.07) is 12.2. The van der Waals surface area contributed by atoms with Crippen molar-refractivity contribution >= 4 is 23.4 Å². The van der Waals surface area contributed by atoms with Crippen LogP contribution in [0.5, 0.6) is 11.5 Å². The van der Waals surface area contributed by atoms with Gasteiger partial charge < -0.3 is 14.8 Å². The number of amides is 1. The van der Waals surface area contributed by atoms with Gasteiger partial charge >= 0.3 is 6.36 Å². The molecule has 0 bridgehead atoms. The van der Waals surface area contributed by atoms with E-state index < -0.39 is 6.36 Å². The van der Waals surface area contributed by atoms with Crippen molar-refractivity contribution in [2.24, 2.45) is 0 Å². The SMILES string of the molecule is COc1ccccc1-n1c(C)nnc1SCC(=O)Nc1ccc(OC(F)(F)F)cc1. The van der Waals surface area contributed by atoms with Gasteiger partial charge in [-0.15, -0.1) is 23.4 Å². The number of nitrogens with zero attached hydrogens (tertiary/aromatic N) is 3. The maximum atomic E-state index is 12.3. The lowest BCUT2D eigenvalue weighted by Crippen LogP contribution is -2.17. The zero-order chi connectivity index (χ0) is 21.7. The lowest BCUT2D eigenvalue weighted by atomic mass is 10.3. The second-order valence-corrected chi connectivity index (χ2v) is 6.89. The molecule has 30 heavy (non-hydrogen) atoms. The Labute approximate surface area is 174 Å². The van der Waals surface area contributed by atoms with E-state index in [1.165, 1.54) is 23.9 Å². The number of hydrogen-bond acceptors (Lipinski definition) is 6. The van der Waals surface area contributed by atoms with Crippen molar-refractivity contribution in [3.05, 3.63) is 54.4 Å². The summed E-state index contributed by atoms with van der Waals surface area (Å²) >= 11 is 1.17. The van der Waals surface area contributed by atoms with Gasteiger partial charge in [0.2, 0.25) is 5.91 Å².